The van der Waals surface area contributed by atoms with Crippen LogP contribution in [0.1, 0.15) is 40.0 Å². The SMILES string of the molecule is CC(C)NC(C)(CO)CCOCC1CC1. The molecular weight excluding hydrogens is 190 g/mol. The fourth-order valence-corrected chi connectivity index (χ4v) is 1.73. The zero-order chi connectivity index (χ0) is 11.3. The zero-order valence-corrected chi connectivity index (χ0v) is 10.3. The van der Waals surface area contributed by atoms with Crippen LogP contribution in [0.5, 0.6) is 0 Å². The van der Waals surface area contributed by atoms with Gasteiger partial charge in [0.1, 0.15) is 0 Å². The van der Waals surface area contributed by atoms with Crippen molar-refractivity contribution < 1.29 is 9.84 Å². The molecule has 0 heterocycles. The molecule has 0 radical (unpaired) electrons. The average Bonchev–Trinajstić information content (AvgIpc) is 2.95. The Balaban J connectivity index is 2.12. The molecule has 0 amide bonds. The van der Waals surface area contributed by atoms with Gasteiger partial charge in [-0.05, 0) is 32.1 Å². The van der Waals surface area contributed by atoms with Crippen LogP contribution in [-0.2, 0) is 4.74 Å². The molecule has 2 N–H and O–H groups in total. The van der Waals surface area contributed by atoms with Gasteiger partial charge in [-0.25, -0.2) is 0 Å². The first kappa shape index (κ1) is 12.9. The first-order valence-electron chi connectivity index (χ1n) is 6.02. The first-order chi connectivity index (χ1) is 7.06. The lowest BCUT2D eigenvalue weighted by Gasteiger charge is -2.31. The summed E-state index contributed by atoms with van der Waals surface area (Å²) in [6.45, 7) is 8.06. The molecule has 0 aromatic heterocycles. The van der Waals surface area contributed by atoms with Gasteiger partial charge in [-0.1, -0.05) is 13.8 Å². The van der Waals surface area contributed by atoms with E-state index in [4.69, 9.17) is 4.74 Å². The highest BCUT2D eigenvalue weighted by molar-refractivity contribution is 4.83. The van der Waals surface area contributed by atoms with Crippen molar-refractivity contribution in [1.82, 2.24) is 5.32 Å². The van der Waals surface area contributed by atoms with E-state index >= 15 is 0 Å². The van der Waals surface area contributed by atoms with Gasteiger partial charge in [0.2, 0.25) is 0 Å². The van der Waals surface area contributed by atoms with Crippen molar-refractivity contribution >= 4 is 0 Å². The summed E-state index contributed by atoms with van der Waals surface area (Å²) < 4.78 is 5.59. The van der Waals surface area contributed by atoms with Crippen LogP contribution in [0.4, 0.5) is 0 Å². The monoisotopic (exact) mass is 215 g/mol. The Morgan fingerprint density at radius 3 is 2.60 bits per heavy atom. The van der Waals surface area contributed by atoms with Crippen LogP contribution in [-0.4, -0.2) is 36.5 Å². The molecule has 3 heteroatoms. The van der Waals surface area contributed by atoms with E-state index in [0.29, 0.717) is 6.04 Å². The Morgan fingerprint density at radius 2 is 2.13 bits per heavy atom. The van der Waals surface area contributed by atoms with E-state index in [9.17, 15) is 5.11 Å². The van der Waals surface area contributed by atoms with Gasteiger partial charge in [0, 0.05) is 24.8 Å². The summed E-state index contributed by atoms with van der Waals surface area (Å²) in [6.07, 6.45) is 3.54. The Kier molecular flexibility index (Phi) is 5.03. The molecule has 0 aromatic rings. The second kappa shape index (κ2) is 5.83. The fourth-order valence-electron chi connectivity index (χ4n) is 1.73. The molecule has 0 bridgehead atoms. The van der Waals surface area contributed by atoms with E-state index in [0.717, 1.165) is 25.6 Å². The second-order valence-electron chi connectivity index (χ2n) is 5.29. The Bertz CT molecular complexity index is 180. The Labute approximate surface area is 93.2 Å². The molecule has 0 spiro atoms. The van der Waals surface area contributed by atoms with Crippen molar-refractivity contribution in [3.05, 3.63) is 0 Å². The largest absolute Gasteiger partial charge is 0.394 e. The highest BCUT2D eigenvalue weighted by atomic mass is 16.5. The summed E-state index contributed by atoms with van der Waals surface area (Å²) in [5.41, 5.74) is -0.197. The van der Waals surface area contributed by atoms with E-state index in [1.54, 1.807) is 0 Å². The smallest absolute Gasteiger partial charge is 0.0611 e. The van der Waals surface area contributed by atoms with Crippen molar-refractivity contribution in [2.75, 3.05) is 19.8 Å². The standard InChI is InChI=1S/C12H25NO2/c1-10(2)13-12(3,9-14)6-7-15-8-11-4-5-11/h10-11,13-14H,4-9H2,1-3H3. The van der Waals surface area contributed by atoms with Crippen LogP contribution in [0.3, 0.4) is 0 Å². The fraction of sp³-hybridized carbons (Fsp3) is 1.00. The molecule has 90 valence electrons. The lowest BCUT2D eigenvalue weighted by molar-refractivity contribution is 0.0782. The minimum atomic E-state index is -0.197. The minimum absolute atomic E-state index is 0.165. The molecule has 1 aliphatic carbocycles. The molecule has 1 atom stereocenters. The van der Waals surface area contributed by atoms with Gasteiger partial charge in [-0.2, -0.15) is 0 Å². The lowest BCUT2D eigenvalue weighted by atomic mass is 9.98. The highest BCUT2D eigenvalue weighted by Crippen LogP contribution is 2.28. The van der Waals surface area contributed by atoms with Gasteiger partial charge < -0.3 is 15.2 Å². The summed E-state index contributed by atoms with van der Waals surface area (Å²) in [5, 5.41) is 12.7. The molecule has 3 nitrogen and oxygen atoms in total. The highest BCUT2D eigenvalue weighted by Gasteiger charge is 2.25. The van der Waals surface area contributed by atoms with Gasteiger partial charge >= 0.3 is 0 Å². The predicted molar refractivity (Wildman–Crippen MR) is 61.9 cm³/mol. The quantitative estimate of drug-likeness (QED) is 0.604. The number of hydrogen-bond donors (Lipinski definition) is 2. The summed E-state index contributed by atoms with van der Waals surface area (Å²) in [6, 6.07) is 0.394. The molecular formula is C12H25NO2. The van der Waals surface area contributed by atoms with Crippen LogP contribution in [0.2, 0.25) is 0 Å². The molecule has 0 aliphatic heterocycles. The second-order valence-corrected chi connectivity index (χ2v) is 5.29. The van der Waals surface area contributed by atoms with Crippen LogP contribution in [0.15, 0.2) is 0 Å². The maximum Gasteiger partial charge on any atom is 0.0611 e. The van der Waals surface area contributed by atoms with E-state index < -0.39 is 0 Å². The van der Waals surface area contributed by atoms with Crippen molar-refractivity contribution in [2.24, 2.45) is 5.92 Å². The summed E-state index contributed by atoms with van der Waals surface area (Å²) in [7, 11) is 0. The normalized spacial score (nSPS) is 20.6. The molecule has 0 saturated heterocycles. The summed E-state index contributed by atoms with van der Waals surface area (Å²) in [5.74, 6) is 0.823. The van der Waals surface area contributed by atoms with Crippen molar-refractivity contribution in [3.63, 3.8) is 0 Å². The number of hydrogen-bond acceptors (Lipinski definition) is 3. The molecule has 15 heavy (non-hydrogen) atoms. The van der Waals surface area contributed by atoms with Gasteiger partial charge in [0.15, 0.2) is 0 Å². The molecule has 1 aliphatic rings. The minimum Gasteiger partial charge on any atom is -0.394 e. The maximum atomic E-state index is 9.34. The van der Waals surface area contributed by atoms with E-state index in [1.165, 1.54) is 12.8 Å². The number of ether oxygens (including phenoxy) is 1. The van der Waals surface area contributed by atoms with E-state index in [2.05, 4.69) is 19.2 Å². The molecule has 1 fully saturated rings. The maximum absolute atomic E-state index is 9.34. The van der Waals surface area contributed by atoms with E-state index in [-0.39, 0.29) is 12.1 Å². The molecule has 0 aromatic carbocycles. The third-order valence-electron chi connectivity index (χ3n) is 2.83. The number of rotatable bonds is 8. The molecule has 1 unspecified atom stereocenters. The molecule has 1 rings (SSSR count). The average molecular weight is 215 g/mol. The third-order valence-corrected chi connectivity index (χ3v) is 2.83. The summed E-state index contributed by atoms with van der Waals surface area (Å²) in [4.78, 5) is 0. The van der Waals surface area contributed by atoms with Crippen LogP contribution in [0, 0.1) is 5.92 Å². The Morgan fingerprint density at radius 1 is 1.47 bits per heavy atom. The van der Waals surface area contributed by atoms with Crippen molar-refractivity contribution in [1.29, 1.82) is 0 Å². The molecule has 1 saturated carbocycles. The van der Waals surface area contributed by atoms with Gasteiger partial charge in [-0.15, -0.1) is 0 Å². The van der Waals surface area contributed by atoms with Crippen LogP contribution >= 0.6 is 0 Å². The summed E-state index contributed by atoms with van der Waals surface area (Å²) >= 11 is 0. The van der Waals surface area contributed by atoms with Crippen LogP contribution in [0.25, 0.3) is 0 Å². The van der Waals surface area contributed by atoms with E-state index in [1.807, 2.05) is 6.92 Å². The third kappa shape index (κ3) is 5.50. The Hall–Kier alpha value is -0.120. The predicted octanol–water partition coefficient (Wildman–Crippen LogP) is 1.55. The van der Waals surface area contributed by atoms with Gasteiger partial charge in [-0.3, -0.25) is 0 Å². The van der Waals surface area contributed by atoms with Gasteiger partial charge in [0.25, 0.3) is 0 Å². The number of aliphatic hydroxyl groups excluding tert-OH is 1. The topological polar surface area (TPSA) is 41.5 Å². The first-order valence-corrected chi connectivity index (χ1v) is 6.02. The number of nitrogens with one attached hydrogen (secondary N) is 1. The van der Waals surface area contributed by atoms with Crippen LogP contribution < -0.4 is 5.32 Å². The van der Waals surface area contributed by atoms with Gasteiger partial charge in [0.05, 0.1) is 6.61 Å². The van der Waals surface area contributed by atoms with Crippen molar-refractivity contribution in [3.8, 4) is 0 Å². The van der Waals surface area contributed by atoms with Crippen molar-refractivity contribution in [2.45, 2.75) is 51.6 Å². The number of aliphatic hydroxyl groups is 1. The zero-order valence-electron chi connectivity index (χ0n) is 10.3. The lowest BCUT2D eigenvalue weighted by Crippen LogP contribution is -2.49.